The van der Waals surface area contributed by atoms with Crippen LogP contribution < -0.4 is 9.47 Å². The Morgan fingerprint density at radius 3 is 2.40 bits per heavy atom. The second-order valence-electron chi connectivity index (χ2n) is 4.43. The van der Waals surface area contributed by atoms with E-state index in [-0.39, 0.29) is 0 Å². The zero-order valence-corrected chi connectivity index (χ0v) is 12.2. The largest absolute Gasteiger partial charge is 0.493 e. The van der Waals surface area contributed by atoms with Crippen LogP contribution in [0.2, 0.25) is 5.02 Å². The van der Waals surface area contributed by atoms with E-state index >= 15 is 0 Å². The highest BCUT2D eigenvalue weighted by molar-refractivity contribution is 6.31. The summed E-state index contributed by atoms with van der Waals surface area (Å²) in [6.07, 6.45) is -0.189. The fourth-order valence-electron chi connectivity index (χ4n) is 2.09. The Balaban J connectivity index is 2.20. The molecule has 3 nitrogen and oxygen atoms in total. The smallest absolute Gasteiger partial charge is 0.160 e. The van der Waals surface area contributed by atoms with Crippen molar-refractivity contribution in [3.8, 4) is 11.5 Å². The zero-order valence-electron chi connectivity index (χ0n) is 11.5. The van der Waals surface area contributed by atoms with E-state index in [1.165, 1.54) is 0 Å². The van der Waals surface area contributed by atoms with Gasteiger partial charge in [-0.2, -0.15) is 0 Å². The lowest BCUT2D eigenvalue weighted by Crippen LogP contribution is -2.03. The first kappa shape index (κ1) is 14.7. The van der Waals surface area contributed by atoms with Crippen molar-refractivity contribution in [3.05, 3.63) is 58.6 Å². The van der Waals surface area contributed by atoms with E-state index in [0.29, 0.717) is 22.9 Å². The molecule has 0 heterocycles. The summed E-state index contributed by atoms with van der Waals surface area (Å²) < 4.78 is 10.4. The number of benzene rings is 2. The minimum absolute atomic E-state index is 0.462. The first-order valence-corrected chi connectivity index (χ1v) is 6.67. The molecule has 0 saturated carbocycles. The summed E-state index contributed by atoms with van der Waals surface area (Å²) in [7, 11) is 3.18. The molecule has 0 aromatic heterocycles. The van der Waals surface area contributed by atoms with Gasteiger partial charge in [0.2, 0.25) is 0 Å². The summed E-state index contributed by atoms with van der Waals surface area (Å²) in [6, 6.07) is 12.9. The van der Waals surface area contributed by atoms with E-state index in [1.54, 1.807) is 20.3 Å². The first-order valence-electron chi connectivity index (χ1n) is 6.29. The molecule has 0 fully saturated rings. The summed E-state index contributed by atoms with van der Waals surface area (Å²) in [5.74, 6) is 1.32. The van der Waals surface area contributed by atoms with E-state index in [4.69, 9.17) is 21.1 Å². The third kappa shape index (κ3) is 3.24. The van der Waals surface area contributed by atoms with Crippen molar-refractivity contribution in [1.29, 1.82) is 0 Å². The lowest BCUT2D eigenvalue weighted by atomic mass is 10.0. The highest BCUT2D eigenvalue weighted by Gasteiger charge is 2.13. The van der Waals surface area contributed by atoms with E-state index in [2.05, 4.69) is 0 Å². The van der Waals surface area contributed by atoms with Crippen molar-refractivity contribution in [1.82, 2.24) is 0 Å². The maximum atomic E-state index is 10.3. The molecule has 4 heteroatoms. The molecule has 2 aromatic carbocycles. The minimum Gasteiger partial charge on any atom is -0.493 e. The average molecular weight is 293 g/mol. The van der Waals surface area contributed by atoms with Gasteiger partial charge in [0.25, 0.3) is 0 Å². The molecule has 20 heavy (non-hydrogen) atoms. The van der Waals surface area contributed by atoms with Crippen LogP contribution in [0.1, 0.15) is 17.2 Å². The standard InChI is InChI=1S/C16H17ClO3/c1-19-15-8-7-11(10-16(15)20-2)9-14(18)12-5-3-4-6-13(12)17/h3-8,10,14,18H,9H2,1-2H3. The monoisotopic (exact) mass is 292 g/mol. The van der Waals surface area contributed by atoms with Gasteiger partial charge in [0.05, 0.1) is 20.3 Å². The average Bonchev–Trinajstić information content (AvgIpc) is 2.47. The van der Waals surface area contributed by atoms with Gasteiger partial charge in [0.15, 0.2) is 11.5 Å². The quantitative estimate of drug-likeness (QED) is 0.914. The van der Waals surface area contributed by atoms with Crippen molar-refractivity contribution in [2.24, 2.45) is 0 Å². The molecule has 0 aliphatic carbocycles. The molecule has 0 aliphatic rings. The third-order valence-electron chi connectivity index (χ3n) is 3.14. The molecule has 0 aliphatic heterocycles. The minimum atomic E-state index is -0.651. The summed E-state index contributed by atoms with van der Waals surface area (Å²) in [5.41, 5.74) is 1.68. The Labute approximate surface area is 123 Å². The van der Waals surface area contributed by atoms with Gasteiger partial charge in [-0.05, 0) is 29.3 Å². The molecular weight excluding hydrogens is 276 g/mol. The molecule has 1 unspecified atom stereocenters. The van der Waals surface area contributed by atoms with E-state index in [1.807, 2.05) is 36.4 Å². The zero-order chi connectivity index (χ0) is 14.5. The molecule has 0 saturated heterocycles. The van der Waals surface area contributed by atoms with E-state index in [0.717, 1.165) is 11.1 Å². The topological polar surface area (TPSA) is 38.7 Å². The van der Waals surface area contributed by atoms with Crippen LogP contribution in [-0.4, -0.2) is 19.3 Å². The highest BCUT2D eigenvalue weighted by Crippen LogP contribution is 2.31. The van der Waals surface area contributed by atoms with Gasteiger partial charge in [0.1, 0.15) is 0 Å². The van der Waals surface area contributed by atoms with E-state index in [9.17, 15) is 5.11 Å². The molecule has 0 amide bonds. The molecule has 1 N–H and O–H groups in total. The maximum absolute atomic E-state index is 10.3. The lowest BCUT2D eigenvalue weighted by Gasteiger charge is -2.14. The van der Waals surface area contributed by atoms with Crippen molar-refractivity contribution in [3.63, 3.8) is 0 Å². The fraction of sp³-hybridized carbons (Fsp3) is 0.250. The molecular formula is C16H17ClO3. The summed E-state index contributed by atoms with van der Waals surface area (Å²) in [4.78, 5) is 0. The number of halogens is 1. The molecule has 0 radical (unpaired) electrons. The molecule has 0 spiro atoms. The van der Waals surface area contributed by atoms with Gasteiger partial charge < -0.3 is 14.6 Å². The number of rotatable bonds is 5. The van der Waals surface area contributed by atoms with Crippen LogP contribution in [0.4, 0.5) is 0 Å². The number of hydrogen-bond donors (Lipinski definition) is 1. The lowest BCUT2D eigenvalue weighted by molar-refractivity contribution is 0.178. The second kappa shape index (κ2) is 6.64. The third-order valence-corrected chi connectivity index (χ3v) is 3.49. The van der Waals surface area contributed by atoms with Gasteiger partial charge in [-0.25, -0.2) is 0 Å². The van der Waals surface area contributed by atoms with Crippen LogP contribution >= 0.6 is 11.6 Å². The van der Waals surface area contributed by atoms with Crippen molar-refractivity contribution >= 4 is 11.6 Å². The second-order valence-corrected chi connectivity index (χ2v) is 4.84. The van der Waals surface area contributed by atoms with Crippen LogP contribution in [-0.2, 0) is 6.42 Å². The maximum Gasteiger partial charge on any atom is 0.160 e. The van der Waals surface area contributed by atoms with Crippen LogP contribution in [0.3, 0.4) is 0 Å². The van der Waals surface area contributed by atoms with Gasteiger partial charge in [-0.15, -0.1) is 0 Å². The molecule has 1 atom stereocenters. The number of aliphatic hydroxyl groups excluding tert-OH is 1. The Hall–Kier alpha value is -1.71. The van der Waals surface area contributed by atoms with E-state index < -0.39 is 6.10 Å². The normalized spacial score (nSPS) is 12.0. The summed E-state index contributed by atoms with van der Waals surface area (Å²) in [6.45, 7) is 0. The SMILES string of the molecule is COc1ccc(CC(O)c2ccccc2Cl)cc1OC. The summed E-state index contributed by atoms with van der Waals surface area (Å²) in [5, 5.41) is 10.9. The molecule has 106 valence electrons. The predicted molar refractivity (Wildman–Crippen MR) is 79.7 cm³/mol. The Morgan fingerprint density at radius 1 is 1.05 bits per heavy atom. The summed E-state index contributed by atoms with van der Waals surface area (Å²) >= 11 is 6.09. The van der Waals surface area contributed by atoms with Crippen LogP contribution in [0.15, 0.2) is 42.5 Å². The van der Waals surface area contributed by atoms with Gasteiger partial charge in [-0.3, -0.25) is 0 Å². The Kier molecular flexibility index (Phi) is 4.88. The molecule has 2 aromatic rings. The molecule has 2 rings (SSSR count). The van der Waals surface area contributed by atoms with Gasteiger partial charge >= 0.3 is 0 Å². The number of ether oxygens (including phenoxy) is 2. The first-order chi connectivity index (χ1) is 9.65. The van der Waals surface area contributed by atoms with Crippen LogP contribution in [0.25, 0.3) is 0 Å². The van der Waals surface area contributed by atoms with Crippen LogP contribution in [0.5, 0.6) is 11.5 Å². The molecule has 0 bridgehead atoms. The van der Waals surface area contributed by atoms with Crippen LogP contribution in [0, 0.1) is 0 Å². The van der Waals surface area contributed by atoms with Crippen molar-refractivity contribution < 1.29 is 14.6 Å². The number of aliphatic hydroxyl groups is 1. The highest BCUT2D eigenvalue weighted by atomic mass is 35.5. The number of hydrogen-bond acceptors (Lipinski definition) is 3. The Bertz CT molecular complexity index is 584. The predicted octanol–water partition coefficient (Wildman–Crippen LogP) is 3.63. The number of methoxy groups -OCH3 is 2. The fourth-order valence-corrected chi connectivity index (χ4v) is 2.35. The Morgan fingerprint density at radius 2 is 1.75 bits per heavy atom. The van der Waals surface area contributed by atoms with Gasteiger partial charge in [-0.1, -0.05) is 35.9 Å². The van der Waals surface area contributed by atoms with Gasteiger partial charge in [0, 0.05) is 11.4 Å². The van der Waals surface area contributed by atoms with Crippen molar-refractivity contribution in [2.45, 2.75) is 12.5 Å². The van der Waals surface area contributed by atoms with Crippen molar-refractivity contribution in [2.75, 3.05) is 14.2 Å².